The number of fused-ring (bicyclic) bond motifs is 2. The molecule has 6 heteroatoms. The molecule has 4 aromatic rings. The second-order valence-electron chi connectivity index (χ2n) is 8.57. The number of imidazole rings is 1. The molecule has 1 aliphatic carbocycles. The molecule has 3 heterocycles. The van der Waals surface area contributed by atoms with Gasteiger partial charge in [0.05, 0.1) is 0 Å². The number of pyridine rings is 1. The second kappa shape index (κ2) is 7.76. The van der Waals surface area contributed by atoms with Crippen LogP contribution in [0.15, 0.2) is 30.3 Å². The van der Waals surface area contributed by atoms with Gasteiger partial charge in [-0.3, -0.25) is 4.90 Å². The number of nitrogens with one attached hydrogen (secondary N) is 2. The van der Waals surface area contributed by atoms with Crippen LogP contribution in [0.2, 0.25) is 0 Å². The highest BCUT2D eigenvalue weighted by molar-refractivity contribution is 5.95. The van der Waals surface area contributed by atoms with Gasteiger partial charge in [0.2, 0.25) is 0 Å². The van der Waals surface area contributed by atoms with E-state index in [-0.39, 0.29) is 0 Å². The molecule has 0 spiro atoms. The number of aryl methyl sites for hydroxylation is 1. The Balaban J connectivity index is 1.47. The van der Waals surface area contributed by atoms with Crippen LogP contribution in [0.5, 0.6) is 0 Å². The highest BCUT2D eigenvalue weighted by Crippen LogP contribution is 2.31. The van der Waals surface area contributed by atoms with Crippen molar-refractivity contribution >= 4 is 27.9 Å². The third-order valence-corrected chi connectivity index (χ3v) is 6.45. The topological polar surface area (TPSA) is 86.6 Å². The normalized spacial score (nSPS) is 15.6. The van der Waals surface area contributed by atoms with Crippen molar-refractivity contribution in [2.45, 2.75) is 58.5 Å². The Labute approximate surface area is 176 Å². The van der Waals surface area contributed by atoms with Crippen LogP contribution in [0, 0.1) is 6.92 Å². The van der Waals surface area contributed by atoms with Crippen LogP contribution in [-0.2, 0) is 6.54 Å². The lowest BCUT2D eigenvalue weighted by atomic mass is 9.94. The molecule has 3 aromatic heterocycles. The molecular weight excluding hydrogens is 372 g/mol. The van der Waals surface area contributed by atoms with Crippen molar-refractivity contribution in [3.8, 4) is 11.3 Å². The molecule has 1 saturated carbocycles. The molecule has 1 fully saturated rings. The number of nitrogens with two attached hydrogens (primary N) is 1. The SMILES string of the molecule is CCN(Cc1ccc2[nH]c(-c3cc(N)nc4[nH]c(C)nc34)cc2c1)C1CCCCC1. The number of hydrogen-bond acceptors (Lipinski definition) is 4. The van der Waals surface area contributed by atoms with Crippen molar-refractivity contribution in [1.82, 2.24) is 24.8 Å². The molecule has 0 unspecified atom stereocenters. The van der Waals surface area contributed by atoms with E-state index < -0.39 is 0 Å². The van der Waals surface area contributed by atoms with Gasteiger partial charge in [-0.15, -0.1) is 0 Å². The maximum Gasteiger partial charge on any atom is 0.160 e. The summed E-state index contributed by atoms with van der Waals surface area (Å²) in [5, 5.41) is 1.22. The zero-order valence-corrected chi connectivity index (χ0v) is 17.8. The van der Waals surface area contributed by atoms with E-state index in [1.807, 2.05) is 13.0 Å². The third-order valence-electron chi connectivity index (χ3n) is 6.45. The number of aromatic amines is 2. The smallest absolute Gasteiger partial charge is 0.160 e. The summed E-state index contributed by atoms with van der Waals surface area (Å²) in [5.41, 5.74) is 12.1. The standard InChI is InChI=1S/C24H30N6/c1-3-30(18-7-5-4-6-8-18)14-16-9-10-20-17(11-16)12-21(28-20)19-13-22(25)29-24-23(19)26-15(2)27-24/h9-13,18,28H,3-8,14H2,1-2H3,(H3,25,26,27,29). The van der Waals surface area contributed by atoms with Crippen molar-refractivity contribution in [2.24, 2.45) is 0 Å². The average Bonchev–Trinajstić information content (AvgIpc) is 3.34. The van der Waals surface area contributed by atoms with Gasteiger partial charge in [-0.25, -0.2) is 9.97 Å². The number of benzene rings is 1. The van der Waals surface area contributed by atoms with Crippen LogP contribution < -0.4 is 5.73 Å². The fraction of sp³-hybridized carbons (Fsp3) is 0.417. The number of nitrogens with zero attached hydrogens (tertiary/aromatic N) is 3. The van der Waals surface area contributed by atoms with Crippen molar-refractivity contribution in [3.05, 3.63) is 41.7 Å². The zero-order valence-electron chi connectivity index (χ0n) is 17.8. The highest BCUT2D eigenvalue weighted by atomic mass is 15.1. The van der Waals surface area contributed by atoms with E-state index >= 15 is 0 Å². The first-order chi connectivity index (χ1) is 14.6. The Morgan fingerprint density at radius 1 is 1.07 bits per heavy atom. The van der Waals surface area contributed by atoms with Crippen LogP contribution in [0.1, 0.15) is 50.4 Å². The van der Waals surface area contributed by atoms with Gasteiger partial charge < -0.3 is 15.7 Å². The predicted octanol–water partition coefficient (Wildman–Crippen LogP) is 5.15. The number of hydrogen-bond donors (Lipinski definition) is 3. The molecule has 6 nitrogen and oxygen atoms in total. The van der Waals surface area contributed by atoms with Crippen LogP contribution in [0.4, 0.5) is 5.82 Å². The van der Waals surface area contributed by atoms with Crippen molar-refractivity contribution < 1.29 is 0 Å². The van der Waals surface area contributed by atoms with Gasteiger partial charge in [0, 0.05) is 34.7 Å². The average molecular weight is 403 g/mol. The molecule has 1 aromatic carbocycles. The molecule has 0 bridgehead atoms. The molecule has 156 valence electrons. The summed E-state index contributed by atoms with van der Waals surface area (Å²) in [5.74, 6) is 1.33. The lowest BCUT2D eigenvalue weighted by Crippen LogP contribution is -2.36. The largest absolute Gasteiger partial charge is 0.384 e. The number of anilines is 1. The van der Waals surface area contributed by atoms with E-state index in [0.717, 1.165) is 52.9 Å². The Bertz CT molecular complexity index is 1180. The summed E-state index contributed by atoms with van der Waals surface area (Å²) in [4.78, 5) is 18.4. The van der Waals surface area contributed by atoms with Crippen LogP contribution in [-0.4, -0.2) is 37.4 Å². The molecule has 1 aliphatic rings. The highest BCUT2D eigenvalue weighted by Gasteiger charge is 2.20. The van der Waals surface area contributed by atoms with E-state index in [1.54, 1.807) is 0 Å². The Morgan fingerprint density at radius 2 is 1.90 bits per heavy atom. The van der Waals surface area contributed by atoms with Crippen molar-refractivity contribution in [1.29, 1.82) is 0 Å². The molecular formula is C24H30N6. The quantitative estimate of drug-likeness (QED) is 0.431. The Morgan fingerprint density at radius 3 is 2.70 bits per heavy atom. The van der Waals surface area contributed by atoms with Crippen molar-refractivity contribution in [2.75, 3.05) is 12.3 Å². The van der Waals surface area contributed by atoms with Gasteiger partial charge in [-0.05, 0) is 56.1 Å². The predicted molar refractivity (Wildman–Crippen MR) is 123 cm³/mol. The van der Waals surface area contributed by atoms with E-state index in [4.69, 9.17) is 5.73 Å². The minimum atomic E-state index is 0.492. The fourth-order valence-electron chi connectivity index (χ4n) is 4.94. The van der Waals surface area contributed by atoms with E-state index in [1.165, 1.54) is 43.1 Å². The zero-order chi connectivity index (χ0) is 20.7. The van der Waals surface area contributed by atoms with Crippen LogP contribution >= 0.6 is 0 Å². The summed E-state index contributed by atoms with van der Waals surface area (Å²) in [6.07, 6.45) is 6.82. The minimum absolute atomic E-state index is 0.492. The molecule has 0 atom stereocenters. The van der Waals surface area contributed by atoms with Gasteiger partial charge >= 0.3 is 0 Å². The van der Waals surface area contributed by atoms with Gasteiger partial charge in [0.25, 0.3) is 0 Å². The van der Waals surface area contributed by atoms with Crippen LogP contribution in [0.3, 0.4) is 0 Å². The molecule has 30 heavy (non-hydrogen) atoms. The number of H-pyrrole nitrogens is 2. The molecule has 0 amide bonds. The maximum absolute atomic E-state index is 6.05. The van der Waals surface area contributed by atoms with Crippen LogP contribution in [0.25, 0.3) is 33.3 Å². The summed E-state index contributed by atoms with van der Waals surface area (Å²) >= 11 is 0. The summed E-state index contributed by atoms with van der Waals surface area (Å²) < 4.78 is 0. The van der Waals surface area contributed by atoms with E-state index in [2.05, 4.69) is 56.0 Å². The monoisotopic (exact) mass is 402 g/mol. The number of nitrogen functional groups attached to an aromatic ring is 1. The van der Waals surface area contributed by atoms with E-state index in [0.29, 0.717) is 5.82 Å². The van der Waals surface area contributed by atoms with Gasteiger partial charge in [0.1, 0.15) is 17.2 Å². The maximum atomic E-state index is 6.05. The molecule has 5 rings (SSSR count). The second-order valence-corrected chi connectivity index (χ2v) is 8.57. The lowest BCUT2D eigenvalue weighted by Gasteiger charge is -2.33. The first-order valence-electron chi connectivity index (χ1n) is 11.1. The number of rotatable bonds is 5. The van der Waals surface area contributed by atoms with E-state index in [9.17, 15) is 0 Å². The summed E-state index contributed by atoms with van der Waals surface area (Å²) in [6.45, 7) is 6.34. The first-order valence-corrected chi connectivity index (χ1v) is 11.1. The third kappa shape index (κ3) is 3.56. The summed E-state index contributed by atoms with van der Waals surface area (Å²) in [6, 6.07) is 11.6. The molecule has 0 aliphatic heterocycles. The Kier molecular flexibility index (Phi) is 4.95. The van der Waals surface area contributed by atoms with Gasteiger partial charge in [-0.1, -0.05) is 32.3 Å². The number of aromatic nitrogens is 4. The minimum Gasteiger partial charge on any atom is -0.384 e. The van der Waals surface area contributed by atoms with Gasteiger partial charge in [-0.2, -0.15) is 0 Å². The first kappa shape index (κ1) is 19.1. The molecule has 0 saturated heterocycles. The fourth-order valence-corrected chi connectivity index (χ4v) is 4.94. The van der Waals surface area contributed by atoms with Gasteiger partial charge in [0.15, 0.2) is 5.65 Å². The molecule has 0 radical (unpaired) electrons. The van der Waals surface area contributed by atoms with Crippen molar-refractivity contribution in [3.63, 3.8) is 0 Å². The summed E-state index contributed by atoms with van der Waals surface area (Å²) in [7, 11) is 0. The Hall–Kier alpha value is -2.86. The molecule has 4 N–H and O–H groups in total. The lowest BCUT2D eigenvalue weighted by molar-refractivity contribution is 0.156.